The number of rotatable bonds is 7. The largest absolute Gasteiger partial charge is 0.394 e. The van der Waals surface area contributed by atoms with Crippen LogP contribution in [0.15, 0.2) is 29.2 Å². The molecule has 0 saturated heterocycles. The lowest BCUT2D eigenvalue weighted by molar-refractivity contribution is -0.384. The zero-order chi connectivity index (χ0) is 15.2. The predicted octanol–water partition coefficient (Wildman–Crippen LogP) is 0.546. The molecule has 7 nitrogen and oxygen atoms in total. The van der Waals surface area contributed by atoms with Crippen molar-refractivity contribution in [2.24, 2.45) is 0 Å². The molecule has 1 aromatic rings. The van der Waals surface area contributed by atoms with Crippen LogP contribution in [-0.4, -0.2) is 45.5 Å². The zero-order valence-corrected chi connectivity index (χ0v) is 11.7. The van der Waals surface area contributed by atoms with Crippen LogP contribution in [0.5, 0.6) is 0 Å². The Bertz CT molecular complexity index is 473. The lowest BCUT2D eigenvalue weighted by Crippen LogP contribution is -2.52. The van der Waals surface area contributed by atoms with E-state index in [4.69, 9.17) is 10.2 Å². The molecule has 0 atom stereocenters. The second-order valence-electron chi connectivity index (χ2n) is 4.46. The maximum Gasteiger partial charge on any atom is 0.269 e. The summed E-state index contributed by atoms with van der Waals surface area (Å²) in [5.74, 6) is -0.244. The lowest BCUT2D eigenvalue weighted by Gasteiger charge is -2.26. The minimum absolute atomic E-state index is 0.00747. The van der Waals surface area contributed by atoms with Gasteiger partial charge in [-0.3, -0.25) is 14.9 Å². The van der Waals surface area contributed by atoms with E-state index in [0.29, 0.717) is 0 Å². The van der Waals surface area contributed by atoms with Crippen LogP contribution in [-0.2, 0) is 4.79 Å². The summed E-state index contributed by atoms with van der Waals surface area (Å²) in [6.45, 7) is 0.802. The summed E-state index contributed by atoms with van der Waals surface area (Å²) < 4.78 is 0. The average Bonchev–Trinajstić information content (AvgIpc) is 2.45. The van der Waals surface area contributed by atoms with Gasteiger partial charge in [0.2, 0.25) is 5.91 Å². The summed E-state index contributed by atoms with van der Waals surface area (Å²) in [6.07, 6.45) is 0. The summed E-state index contributed by atoms with van der Waals surface area (Å²) >= 11 is 1.21. The monoisotopic (exact) mass is 300 g/mol. The average molecular weight is 300 g/mol. The standard InChI is InChI=1S/C12H16N2O5S/c1-12(7-15,8-16)13-11(17)6-20-10-4-2-9(3-5-10)14(18)19/h2-5,15-16H,6-8H2,1H3,(H,13,17). The molecule has 0 fully saturated rings. The van der Waals surface area contributed by atoms with Gasteiger partial charge in [0.1, 0.15) is 0 Å². The highest BCUT2D eigenvalue weighted by molar-refractivity contribution is 8.00. The summed E-state index contributed by atoms with van der Waals surface area (Å²) in [7, 11) is 0. The number of amides is 1. The van der Waals surface area contributed by atoms with Crippen LogP contribution < -0.4 is 5.32 Å². The maximum atomic E-state index is 11.7. The smallest absolute Gasteiger partial charge is 0.269 e. The number of nitro groups is 1. The van der Waals surface area contributed by atoms with E-state index >= 15 is 0 Å². The quantitative estimate of drug-likeness (QED) is 0.385. The minimum Gasteiger partial charge on any atom is -0.394 e. The lowest BCUT2D eigenvalue weighted by atomic mass is 10.1. The number of aliphatic hydroxyl groups excluding tert-OH is 2. The summed E-state index contributed by atoms with van der Waals surface area (Å²) in [4.78, 5) is 22.4. The number of hydrogen-bond acceptors (Lipinski definition) is 6. The van der Waals surface area contributed by atoms with Crippen LogP contribution in [0.1, 0.15) is 6.92 Å². The molecule has 0 radical (unpaired) electrons. The first kappa shape index (κ1) is 16.4. The van der Waals surface area contributed by atoms with Crippen molar-refractivity contribution < 1.29 is 19.9 Å². The number of nitrogens with zero attached hydrogens (tertiary/aromatic N) is 1. The number of hydrogen-bond donors (Lipinski definition) is 3. The first-order chi connectivity index (χ1) is 9.40. The Morgan fingerprint density at radius 3 is 2.35 bits per heavy atom. The van der Waals surface area contributed by atoms with Gasteiger partial charge in [0.25, 0.3) is 5.69 Å². The molecule has 0 spiro atoms. The molecule has 0 heterocycles. The Balaban J connectivity index is 2.50. The Hall–Kier alpha value is -1.64. The van der Waals surface area contributed by atoms with Crippen LogP contribution >= 0.6 is 11.8 Å². The van der Waals surface area contributed by atoms with Gasteiger partial charge >= 0.3 is 0 Å². The molecule has 0 aliphatic heterocycles. The molecule has 3 N–H and O–H groups in total. The van der Waals surface area contributed by atoms with E-state index in [9.17, 15) is 14.9 Å². The molecule has 1 rings (SSSR count). The zero-order valence-electron chi connectivity index (χ0n) is 10.9. The normalized spacial score (nSPS) is 11.2. The van der Waals surface area contributed by atoms with E-state index in [2.05, 4.69) is 5.32 Å². The Kier molecular flexibility index (Phi) is 5.93. The summed E-state index contributed by atoms with van der Waals surface area (Å²) in [5.41, 5.74) is -1.06. The third-order valence-corrected chi connectivity index (χ3v) is 3.57. The van der Waals surface area contributed by atoms with Crippen molar-refractivity contribution >= 4 is 23.4 Å². The first-order valence-corrected chi connectivity index (χ1v) is 6.79. The van der Waals surface area contributed by atoms with Crippen molar-refractivity contribution in [2.75, 3.05) is 19.0 Å². The number of thioether (sulfide) groups is 1. The van der Waals surface area contributed by atoms with Crippen molar-refractivity contribution in [3.8, 4) is 0 Å². The fourth-order valence-corrected chi connectivity index (χ4v) is 2.01. The van der Waals surface area contributed by atoms with Gasteiger partial charge in [-0.15, -0.1) is 11.8 Å². The molecule has 0 saturated carbocycles. The van der Waals surface area contributed by atoms with Gasteiger partial charge < -0.3 is 15.5 Å². The van der Waals surface area contributed by atoms with Crippen molar-refractivity contribution in [2.45, 2.75) is 17.4 Å². The second kappa shape index (κ2) is 7.22. The number of aliphatic hydroxyl groups is 2. The van der Waals surface area contributed by atoms with Crippen molar-refractivity contribution in [3.05, 3.63) is 34.4 Å². The summed E-state index contributed by atoms with van der Waals surface area (Å²) in [5, 5.41) is 31.1. The number of carbonyl (C=O) groups is 1. The van der Waals surface area contributed by atoms with Crippen LogP contribution in [0.25, 0.3) is 0 Å². The highest BCUT2D eigenvalue weighted by Crippen LogP contribution is 2.21. The van der Waals surface area contributed by atoms with E-state index in [1.54, 1.807) is 12.1 Å². The van der Waals surface area contributed by atoms with Crippen LogP contribution in [0, 0.1) is 10.1 Å². The Morgan fingerprint density at radius 2 is 1.90 bits per heavy atom. The van der Waals surface area contributed by atoms with Gasteiger partial charge in [0.15, 0.2) is 0 Å². The predicted molar refractivity (Wildman–Crippen MR) is 74.5 cm³/mol. The Morgan fingerprint density at radius 1 is 1.35 bits per heavy atom. The molecule has 1 amide bonds. The molecule has 0 aliphatic carbocycles. The molecule has 20 heavy (non-hydrogen) atoms. The van der Waals surface area contributed by atoms with Crippen LogP contribution in [0.2, 0.25) is 0 Å². The molecule has 0 aromatic heterocycles. The van der Waals surface area contributed by atoms with Crippen molar-refractivity contribution in [1.29, 1.82) is 0 Å². The van der Waals surface area contributed by atoms with Crippen LogP contribution in [0.4, 0.5) is 5.69 Å². The van der Waals surface area contributed by atoms with Gasteiger partial charge in [0.05, 0.1) is 29.4 Å². The van der Waals surface area contributed by atoms with E-state index in [1.807, 2.05) is 0 Å². The molecule has 8 heteroatoms. The third-order valence-electron chi connectivity index (χ3n) is 2.56. The summed E-state index contributed by atoms with van der Waals surface area (Å²) in [6, 6.07) is 5.86. The Labute approximate surface area is 120 Å². The number of nitro benzene ring substituents is 1. The molecule has 0 bridgehead atoms. The number of non-ortho nitro benzene ring substituents is 1. The van der Waals surface area contributed by atoms with Gasteiger partial charge in [-0.25, -0.2) is 0 Å². The topological polar surface area (TPSA) is 113 Å². The number of benzene rings is 1. The molecule has 0 aliphatic rings. The van der Waals surface area contributed by atoms with E-state index < -0.39 is 10.5 Å². The van der Waals surface area contributed by atoms with Gasteiger partial charge in [0, 0.05) is 17.0 Å². The molecular formula is C12H16N2O5S. The molecule has 110 valence electrons. The third kappa shape index (κ3) is 4.80. The molecule has 1 aromatic carbocycles. The van der Waals surface area contributed by atoms with Crippen molar-refractivity contribution in [1.82, 2.24) is 5.32 Å². The van der Waals surface area contributed by atoms with E-state index in [0.717, 1.165) is 4.90 Å². The second-order valence-corrected chi connectivity index (χ2v) is 5.51. The SMILES string of the molecule is CC(CO)(CO)NC(=O)CSc1ccc([N+](=O)[O-])cc1. The van der Waals surface area contributed by atoms with E-state index in [-0.39, 0.29) is 30.6 Å². The molecular weight excluding hydrogens is 284 g/mol. The minimum atomic E-state index is -1.05. The van der Waals surface area contributed by atoms with Crippen molar-refractivity contribution in [3.63, 3.8) is 0 Å². The fourth-order valence-electron chi connectivity index (χ4n) is 1.31. The van der Waals surface area contributed by atoms with Gasteiger partial charge in [-0.1, -0.05) is 0 Å². The fraction of sp³-hybridized carbons (Fsp3) is 0.417. The first-order valence-electron chi connectivity index (χ1n) is 5.80. The number of nitrogens with one attached hydrogen (secondary N) is 1. The number of carbonyl (C=O) groups excluding carboxylic acids is 1. The van der Waals surface area contributed by atoms with E-state index in [1.165, 1.54) is 30.8 Å². The van der Waals surface area contributed by atoms with Gasteiger partial charge in [-0.2, -0.15) is 0 Å². The van der Waals surface area contributed by atoms with Crippen LogP contribution in [0.3, 0.4) is 0 Å². The van der Waals surface area contributed by atoms with Gasteiger partial charge in [-0.05, 0) is 19.1 Å². The highest BCUT2D eigenvalue weighted by atomic mass is 32.2. The highest BCUT2D eigenvalue weighted by Gasteiger charge is 2.24. The molecule has 0 unspecified atom stereocenters. The maximum absolute atomic E-state index is 11.7.